The van der Waals surface area contributed by atoms with E-state index in [1.54, 1.807) is 0 Å². The van der Waals surface area contributed by atoms with E-state index < -0.39 is 23.7 Å². The lowest BCUT2D eigenvalue weighted by Gasteiger charge is -2.27. The summed E-state index contributed by atoms with van der Waals surface area (Å²) in [5.41, 5.74) is 5.54. The van der Waals surface area contributed by atoms with Gasteiger partial charge in [-0.15, -0.1) is 0 Å². The van der Waals surface area contributed by atoms with Crippen molar-refractivity contribution < 1.29 is 23.5 Å². The van der Waals surface area contributed by atoms with Crippen LogP contribution in [0.3, 0.4) is 0 Å². The number of halogens is 1. The van der Waals surface area contributed by atoms with Gasteiger partial charge in [0.05, 0.1) is 12.3 Å². The van der Waals surface area contributed by atoms with E-state index in [2.05, 4.69) is 10.6 Å². The number of hydrogen-bond acceptors (Lipinski definition) is 5. The van der Waals surface area contributed by atoms with Crippen LogP contribution in [-0.4, -0.2) is 49.6 Å². The molecule has 25 heavy (non-hydrogen) atoms. The zero-order chi connectivity index (χ0) is 18.0. The number of hydrogen-bond donors (Lipinski definition) is 3. The van der Waals surface area contributed by atoms with Gasteiger partial charge in [0.2, 0.25) is 5.91 Å². The molecule has 0 unspecified atom stereocenters. The van der Waals surface area contributed by atoms with Crippen LogP contribution in [0.4, 0.5) is 15.8 Å². The van der Waals surface area contributed by atoms with Gasteiger partial charge in [0.1, 0.15) is 12.4 Å². The maximum Gasteiger partial charge on any atom is 0.253 e. The van der Waals surface area contributed by atoms with E-state index in [4.69, 9.17) is 10.5 Å². The molecule has 1 aliphatic carbocycles. The third-order valence-electron chi connectivity index (χ3n) is 4.02. The minimum Gasteiger partial charge on any atom is -0.370 e. The number of primary amides is 1. The number of amides is 3. The highest BCUT2D eigenvalue weighted by atomic mass is 19.1. The van der Waals surface area contributed by atoms with Crippen molar-refractivity contribution in [1.29, 1.82) is 0 Å². The molecule has 2 aliphatic rings. The summed E-state index contributed by atoms with van der Waals surface area (Å²) in [6.07, 6.45) is 1.77. The molecule has 0 aromatic heterocycles. The SMILES string of the molecule is NC(=O)[C@H](NC1CC1)C(=O)Nc1ccc(N2CCOCC2=O)c(F)c1. The van der Waals surface area contributed by atoms with Crippen LogP contribution in [0, 0.1) is 5.82 Å². The first-order valence-electron chi connectivity index (χ1n) is 7.99. The molecule has 1 atom stereocenters. The van der Waals surface area contributed by atoms with Gasteiger partial charge in [-0.25, -0.2) is 4.39 Å². The lowest BCUT2D eigenvalue weighted by atomic mass is 10.2. The van der Waals surface area contributed by atoms with Crippen molar-refractivity contribution in [3.8, 4) is 0 Å². The summed E-state index contributed by atoms with van der Waals surface area (Å²) in [5, 5.41) is 5.32. The first-order chi connectivity index (χ1) is 12.0. The second-order valence-corrected chi connectivity index (χ2v) is 6.03. The van der Waals surface area contributed by atoms with Crippen LogP contribution < -0.4 is 21.3 Å². The molecule has 2 fully saturated rings. The lowest BCUT2D eigenvalue weighted by molar-refractivity contribution is -0.128. The Morgan fingerprint density at radius 3 is 2.72 bits per heavy atom. The number of morpholine rings is 1. The van der Waals surface area contributed by atoms with Crippen LogP contribution >= 0.6 is 0 Å². The summed E-state index contributed by atoms with van der Waals surface area (Å²) >= 11 is 0. The Balaban J connectivity index is 1.70. The van der Waals surface area contributed by atoms with Crippen molar-refractivity contribution in [2.24, 2.45) is 5.73 Å². The number of nitrogens with one attached hydrogen (secondary N) is 2. The number of anilines is 2. The Kier molecular flexibility index (Phi) is 4.95. The normalized spacial score (nSPS) is 18.8. The summed E-state index contributed by atoms with van der Waals surface area (Å²) in [5.74, 6) is -2.42. The number of rotatable bonds is 6. The molecule has 134 valence electrons. The van der Waals surface area contributed by atoms with Gasteiger partial charge in [-0.1, -0.05) is 0 Å². The number of benzene rings is 1. The van der Waals surface area contributed by atoms with Crippen LogP contribution in [0.5, 0.6) is 0 Å². The van der Waals surface area contributed by atoms with Crippen molar-refractivity contribution >= 4 is 29.1 Å². The predicted octanol–water partition coefficient (Wildman–Crippen LogP) is -0.267. The number of ether oxygens (including phenoxy) is 1. The summed E-state index contributed by atoms with van der Waals surface area (Å²) in [6.45, 7) is 0.498. The summed E-state index contributed by atoms with van der Waals surface area (Å²) in [6, 6.07) is 2.91. The lowest BCUT2D eigenvalue weighted by Crippen LogP contribution is -2.50. The molecular weight excluding hydrogens is 331 g/mol. The smallest absolute Gasteiger partial charge is 0.253 e. The highest BCUT2D eigenvalue weighted by molar-refractivity contribution is 6.09. The maximum absolute atomic E-state index is 14.3. The fourth-order valence-electron chi connectivity index (χ4n) is 2.56. The molecule has 0 spiro atoms. The van der Waals surface area contributed by atoms with Crippen LogP contribution in [0.2, 0.25) is 0 Å². The van der Waals surface area contributed by atoms with E-state index in [9.17, 15) is 18.8 Å². The van der Waals surface area contributed by atoms with Crippen molar-refractivity contribution in [3.63, 3.8) is 0 Å². The molecule has 8 nitrogen and oxygen atoms in total. The van der Waals surface area contributed by atoms with E-state index in [1.807, 2.05) is 0 Å². The molecule has 4 N–H and O–H groups in total. The number of nitrogens with zero attached hydrogens (tertiary/aromatic N) is 1. The van der Waals surface area contributed by atoms with Gasteiger partial charge in [-0.2, -0.15) is 0 Å². The van der Waals surface area contributed by atoms with Gasteiger partial charge < -0.3 is 20.7 Å². The summed E-state index contributed by atoms with van der Waals surface area (Å²) < 4.78 is 19.4. The van der Waals surface area contributed by atoms with Crippen LogP contribution in [-0.2, 0) is 19.1 Å². The highest BCUT2D eigenvalue weighted by Crippen LogP contribution is 2.24. The molecule has 3 rings (SSSR count). The Labute approximate surface area is 143 Å². The second-order valence-electron chi connectivity index (χ2n) is 6.03. The monoisotopic (exact) mass is 350 g/mol. The van der Waals surface area contributed by atoms with E-state index >= 15 is 0 Å². The number of carbonyl (C=O) groups is 3. The fourth-order valence-corrected chi connectivity index (χ4v) is 2.56. The largest absolute Gasteiger partial charge is 0.370 e. The molecular formula is C16H19FN4O4. The third-order valence-corrected chi connectivity index (χ3v) is 4.02. The van der Waals surface area contributed by atoms with Gasteiger partial charge in [-0.3, -0.25) is 19.7 Å². The van der Waals surface area contributed by atoms with Crippen molar-refractivity contribution in [2.45, 2.75) is 24.9 Å². The predicted molar refractivity (Wildman–Crippen MR) is 87.3 cm³/mol. The average molecular weight is 350 g/mol. The van der Waals surface area contributed by atoms with E-state index in [1.165, 1.54) is 17.0 Å². The first-order valence-corrected chi connectivity index (χ1v) is 7.99. The molecule has 9 heteroatoms. The van der Waals surface area contributed by atoms with Crippen molar-refractivity contribution in [2.75, 3.05) is 30.0 Å². The van der Waals surface area contributed by atoms with Gasteiger partial charge in [0, 0.05) is 18.3 Å². The molecule has 1 saturated carbocycles. The average Bonchev–Trinajstić information content (AvgIpc) is 3.37. The van der Waals surface area contributed by atoms with Crippen LogP contribution in [0.1, 0.15) is 12.8 Å². The topological polar surface area (TPSA) is 114 Å². The molecule has 0 radical (unpaired) electrons. The Morgan fingerprint density at radius 2 is 2.12 bits per heavy atom. The van der Waals surface area contributed by atoms with Crippen molar-refractivity contribution in [1.82, 2.24) is 5.32 Å². The summed E-state index contributed by atoms with van der Waals surface area (Å²) in [4.78, 5) is 36.7. The zero-order valence-corrected chi connectivity index (χ0v) is 13.5. The molecule has 1 saturated heterocycles. The number of carbonyl (C=O) groups excluding carboxylic acids is 3. The van der Waals surface area contributed by atoms with Crippen LogP contribution in [0.25, 0.3) is 0 Å². The standard InChI is InChI=1S/C16H19FN4O4/c17-11-7-10(3-4-12(11)21-5-6-25-8-13(21)22)20-16(24)14(15(18)23)19-9-1-2-9/h3-4,7,9,14,19H,1-2,5-6,8H2,(H2,18,23)(H,20,24)/t14-/m0/s1. The molecule has 1 aromatic carbocycles. The van der Waals surface area contributed by atoms with Gasteiger partial charge in [0.25, 0.3) is 11.8 Å². The Morgan fingerprint density at radius 1 is 1.36 bits per heavy atom. The van der Waals surface area contributed by atoms with E-state index in [-0.39, 0.29) is 36.5 Å². The molecule has 3 amide bonds. The quantitative estimate of drug-likeness (QED) is 0.612. The molecule has 1 heterocycles. The third kappa shape index (κ3) is 4.12. The van der Waals surface area contributed by atoms with Gasteiger partial charge >= 0.3 is 0 Å². The van der Waals surface area contributed by atoms with Gasteiger partial charge in [-0.05, 0) is 31.0 Å². The highest BCUT2D eigenvalue weighted by Gasteiger charge is 2.32. The number of nitrogens with two attached hydrogens (primary N) is 1. The zero-order valence-electron chi connectivity index (χ0n) is 13.5. The second kappa shape index (κ2) is 7.16. The Hall–Kier alpha value is -2.52. The Bertz CT molecular complexity index is 707. The molecule has 1 aromatic rings. The fraction of sp³-hybridized carbons (Fsp3) is 0.438. The van der Waals surface area contributed by atoms with E-state index in [0.717, 1.165) is 18.9 Å². The molecule has 0 bridgehead atoms. The minimum atomic E-state index is -1.17. The first kappa shape index (κ1) is 17.3. The van der Waals surface area contributed by atoms with E-state index in [0.29, 0.717) is 6.61 Å². The minimum absolute atomic E-state index is 0.0922. The summed E-state index contributed by atoms with van der Waals surface area (Å²) in [7, 11) is 0. The van der Waals surface area contributed by atoms with Crippen LogP contribution in [0.15, 0.2) is 18.2 Å². The molecule has 1 aliphatic heterocycles. The maximum atomic E-state index is 14.3. The van der Waals surface area contributed by atoms with Gasteiger partial charge in [0.15, 0.2) is 6.04 Å². The van der Waals surface area contributed by atoms with Crippen molar-refractivity contribution in [3.05, 3.63) is 24.0 Å².